The Balaban J connectivity index is 2.31. The molecule has 2 heterocycles. The van der Waals surface area contributed by atoms with E-state index in [1.807, 2.05) is 19.1 Å². The quantitative estimate of drug-likeness (QED) is 0.590. The number of methoxy groups -OCH3 is 1. The Hall–Kier alpha value is -0.870. The molecule has 4 heteroatoms. The highest BCUT2D eigenvalue weighted by Crippen LogP contribution is 2.35. The third-order valence-electron chi connectivity index (χ3n) is 2.48. The summed E-state index contributed by atoms with van der Waals surface area (Å²) in [5.41, 5.74) is -0.415. The summed E-state index contributed by atoms with van der Waals surface area (Å²) in [7, 11) is 1.55. The van der Waals surface area contributed by atoms with Gasteiger partial charge in [0.2, 0.25) is 5.91 Å². The Morgan fingerprint density at radius 3 is 3.08 bits per heavy atom. The molecular formula is C9H13NO3. The van der Waals surface area contributed by atoms with E-state index in [2.05, 4.69) is 5.32 Å². The maximum Gasteiger partial charge on any atom is 0.225 e. The van der Waals surface area contributed by atoms with Crippen molar-refractivity contribution >= 4 is 5.91 Å². The molecule has 2 rings (SSSR count). The zero-order chi connectivity index (χ0) is 9.53. The lowest BCUT2D eigenvalue weighted by atomic mass is 10.1. The molecule has 0 aliphatic carbocycles. The summed E-state index contributed by atoms with van der Waals surface area (Å²) in [6.07, 6.45) is 4.00. The molecule has 2 aliphatic rings. The second-order valence-corrected chi connectivity index (χ2v) is 3.72. The maximum atomic E-state index is 11.3. The number of fused-ring (bicyclic) bond motifs is 2. The third kappa shape index (κ3) is 1.36. The molecule has 0 aromatic rings. The molecule has 1 N–H and O–H groups in total. The van der Waals surface area contributed by atoms with Crippen LogP contribution in [0.3, 0.4) is 0 Å². The molecule has 2 aliphatic heterocycles. The van der Waals surface area contributed by atoms with Gasteiger partial charge in [0, 0.05) is 7.11 Å². The predicted octanol–water partition coefficient (Wildman–Crippen LogP) is 0.194. The van der Waals surface area contributed by atoms with E-state index >= 15 is 0 Å². The number of rotatable bonds is 1. The van der Waals surface area contributed by atoms with Gasteiger partial charge in [0.15, 0.2) is 5.79 Å². The van der Waals surface area contributed by atoms with Gasteiger partial charge in [-0.05, 0) is 19.1 Å². The van der Waals surface area contributed by atoms with E-state index in [0.717, 1.165) is 0 Å². The van der Waals surface area contributed by atoms with Crippen LogP contribution in [0, 0.1) is 0 Å². The van der Waals surface area contributed by atoms with Crippen molar-refractivity contribution in [2.24, 2.45) is 0 Å². The lowest BCUT2D eigenvalue weighted by molar-refractivity contribution is -0.212. The molecule has 72 valence electrons. The fourth-order valence-electron chi connectivity index (χ4n) is 1.70. The first-order valence-electron chi connectivity index (χ1n) is 4.30. The average Bonchev–Trinajstić information content (AvgIpc) is 2.35. The van der Waals surface area contributed by atoms with E-state index in [1.165, 1.54) is 0 Å². The van der Waals surface area contributed by atoms with Gasteiger partial charge in [0.05, 0.1) is 13.0 Å². The summed E-state index contributed by atoms with van der Waals surface area (Å²) in [5, 5.41) is 2.78. The first-order chi connectivity index (χ1) is 6.08. The zero-order valence-corrected chi connectivity index (χ0v) is 7.79. The molecule has 0 radical (unpaired) electrons. The SMILES string of the molecule is CO[C@]12C=C[C@](C)(CNC(=O)C1)O2. The van der Waals surface area contributed by atoms with Gasteiger partial charge in [0.1, 0.15) is 5.60 Å². The van der Waals surface area contributed by atoms with Gasteiger partial charge in [0.25, 0.3) is 0 Å². The molecule has 0 aromatic heterocycles. The van der Waals surface area contributed by atoms with Gasteiger partial charge < -0.3 is 14.8 Å². The van der Waals surface area contributed by atoms with Crippen LogP contribution >= 0.6 is 0 Å². The van der Waals surface area contributed by atoms with Crippen LogP contribution in [-0.4, -0.2) is 30.9 Å². The molecule has 2 atom stereocenters. The Labute approximate surface area is 76.9 Å². The van der Waals surface area contributed by atoms with Crippen molar-refractivity contribution in [3.05, 3.63) is 12.2 Å². The molecule has 0 saturated carbocycles. The van der Waals surface area contributed by atoms with Crippen LogP contribution in [0.5, 0.6) is 0 Å². The van der Waals surface area contributed by atoms with Crippen molar-refractivity contribution < 1.29 is 14.3 Å². The van der Waals surface area contributed by atoms with Gasteiger partial charge in [-0.1, -0.05) is 0 Å². The van der Waals surface area contributed by atoms with Gasteiger partial charge in [-0.15, -0.1) is 0 Å². The van der Waals surface area contributed by atoms with Gasteiger partial charge in [-0.2, -0.15) is 0 Å². The summed E-state index contributed by atoms with van der Waals surface area (Å²) < 4.78 is 10.9. The summed E-state index contributed by atoms with van der Waals surface area (Å²) in [6, 6.07) is 0. The maximum absolute atomic E-state index is 11.3. The van der Waals surface area contributed by atoms with Crippen molar-refractivity contribution in [1.82, 2.24) is 5.32 Å². The topological polar surface area (TPSA) is 47.6 Å². The number of ether oxygens (including phenoxy) is 2. The predicted molar refractivity (Wildman–Crippen MR) is 46.0 cm³/mol. The van der Waals surface area contributed by atoms with Crippen molar-refractivity contribution in [3.63, 3.8) is 0 Å². The van der Waals surface area contributed by atoms with Crippen LogP contribution in [0.15, 0.2) is 12.2 Å². The number of carbonyl (C=O) groups is 1. The van der Waals surface area contributed by atoms with Crippen molar-refractivity contribution in [2.45, 2.75) is 24.7 Å². The van der Waals surface area contributed by atoms with Gasteiger partial charge >= 0.3 is 0 Å². The second kappa shape index (κ2) is 2.56. The van der Waals surface area contributed by atoms with E-state index < -0.39 is 11.4 Å². The fourth-order valence-corrected chi connectivity index (χ4v) is 1.70. The van der Waals surface area contributed by atoms with E-state index in [9.17, 15) is 4.79 Å². The van der Waals surface area contributed by atoms with Crippen molar-refractivity contribution in [2.75, 3.05) is 13.7 Å². The van der Waals surface area contributed by atoms with E-state index in [0.29, 0.717) is 6.54 Å². The number of hydrogen-bond donors (Lipinski definition) is 1. The molecule has 1 saturated heterocycles. The van der Waals surface area contributed by atoms with Crippen LogP contribution in [0.2, 0.25) is 0 Å². The van der Waals surface area contributed by atoms with Crippen LogP contribution in [0.25, 0.3) is 0 Å². The molecule has 0 spiro atoms. The van der Waals surface area contributed by atoms with Crippen molar-refractivity contribution in [3.8, 4) is 0 Å². The van der Waals surface area contributed by atoms with Crippen LogP contribution in [0.4, 0.5) is 0 Å². The van der Waals surface area contributed by atoms with E-state index in [4.69, 9.17) is 9.47 Å². The highest BCUT2D eigenvalue weighted by molar-refractivity contribution is 5.78. The second-order valence-electron chi connectivity index (χ2n) is 3.72. The molecule has 13 heavy (non-hydrogen) atoms. The summed E-state index contributed by atoms with van der Waals surface area (Å²) >= 11 is 0. The molecule has 2 bridgehead atoms. The lowest BCUT2D eigenvalue weighted by Gasteiger charge is -2.27. The largest absolute Gasteiger partial charge is 0.353 e. The molecule has 0 aromatic carbocycles. The molecular weight excluding hydrogens is 170 g/mol. The summed E-state index contributed by atoms with van der Waals surface area (Å²) in [4.78, 5) is 11.3. The van der Waals surface area contributed by atoms with E-state index in [1.54, 1.807) is 7.11 Å². The Bertz CT molecular complexity index is 276. The Morgan fingerprint density at radius 2 is 2.38 bits per heavy atom. The van der Waals surface area contributed by atoms with Crippen LogP contribution < -0.4 is 5.32 Å². The fraction of sp³-hybridized carbons (Fsp3) is 0.667. The van der Waals surface area contributed by atoms with E-state index in [-0.39, 0.29) is 12.3 Å². The summed E-state index contributed by atoms with van der Waals surface area (Å²) in [5.74, 6) is -0.870. The molecule has 4 nitrogen and oxygen atoms in total. The van der Waals surface area contributed by atoms with Crippen LogP contribution in [0.1, 0.15) is 13.3 Å². The third-order valence-corrected chi connectivity index (χ3v) is 2.48. The first kappa shape index (κ1) is 8.72. The molecule has 0 unspecified atom stereocenters. The van der Waals surface area contributed by atoms with Crippen LogP contribution in [-0.2, 0) is 14.3 Å². The number of carbonyl (C=O) groups excluding carboxylic acids is 1. The minimum absolute atomic E-state index is 0.0325. The number of hydrogen-bond acceptors (Lipinski definition) is 3. The smallest absolute Gasteiger partial charge is 0.225 e. The highest BCUT2D eigenvalue weighted by atomic mass is 16.7. The first-order valence-corrected chi connectivity index (χ1v) is 4.30. The molecule has 1 fully saturated rings. The summed E-state index contributed by atoms with van der Waals surface area (Å²) in [6.45, 7) is 2.43. The monoisotopic (exact) mass is 183 g/mol. The zero-order valence-electron chi connectivity index (χ0n) is 7.79. The number of amides is 1. The Kier molecular flexibility index (Phi) is 1.72. The standard InChI is InChI=1S/C9H13NO3/c1-8-3-4-9(12-2,13-8)5-7(11)10-6-8/h3-4H,5-6H2,1-2H3,(H,10,11)/t8-,9+/m1/s1. The minimum atomic E-state index is -0.838. The lowest BCUT2D eigenvalue weighted by Crippen LogP contribution is -2.37. The van der Waals surface area contributed by atoms with Gasteiger partial charge in [-0.25, -0.2) is 0 Å². The van der Waals surface area contributed by atoms with Gasteiger partial charge in [-0.3, -0.25) is 4.79 Å². The minimum Gasteiger partial charge on any atom is -0.353 e. The van der Waals surface area contributed by atoms with Crippen molar-refractivity contribution in [1.29, 1.82) is 0 Å². The highest BCUT2D eigenvalue weighted by Gasteiger charge is 2.46. The average molecular weight is 183 g/mol. The molecule has 1 amide bonds. The number of nitrogens with one attached hydrogen (secondary N) is 1. The normalized spacial score (nSPS) is 43.1. The Morgan fingerprint density at radius 1 is 1.62 bits per heavy atom.